The predicted octanol–water partition coefficient (Wildman–Crippen LogP) is 5.03. The first kappa shape index (κ1) is 16.9. The minimum Gasteiger partial charge on any atom is -0.493 e. The number of carbonyl (C=O) groups is 1. The maximum atomic E-state index is 12.4. The molecular formula is C15H12BrCl2NO3. The van der Waals surface area contributed by atoms with Gasteiger partial charge in [-0.3, -0.25) is 4.79 Å². The number of hydrogen-bond acceptors (Lipinski definition) is 3. The van der Waals surface area contributed by atoms with Crippen molar-refractivity contribution in [3.63, 3.8) is 0 Å². The van der Waals surface area contributed by atoms with Gasteiger partial charge in [-0.25, -0.2) is 0 Å². The predicted molar refractivity (Wildman–Crippen MR) is 91.7 cm³/mol. The summed E-state index contributed by atoms with van der Waals surface area (Å²) >= 11 is 15.3. The quantitative estimate of drug-likeness (QED) is 0.777. The smallest absolute Gasteiger partial charge is 0.255 e. The number of ether oxygens (including phenoxy) is 2. The maximum absolute atomic E-state index is 12.4. The summed E-state index contributed by atoms with van der Waals surface area (Å²) in [6.45, 7) is 0. The first-order valence-corrected chi connectivity index (χ1v) is 7.69. The second kappa shape index (κ2) is 7.22. The van der Waals surface area contributed by atoms with Gasteiger partial charge in [0.25, 0.3) is 5.91 Å². The monoisotopic (exact) mass is 403 g/mol. The molecule has 2 rings (SSSR count). The Bertz CT molecular complexity index is 722. The third-order valence-corrected chi connectivity index (χ3v) is 4.30. The molecule has 0 atom stereocenters. The van der Waals surface area contributed by atoms with Crippen molar-refractivity contribution in [3.8, 4) is 11.5 Å². The van der Waals surface area contributed by atoms with Gasteiger partial charge in [-0.1, -0.05) is 29.3 Å². The minimum absolute atomic E-state index is 0.289. The Morgan fingerprint density at radius 2 is 1.91 bits per heavy atom. The molecule has 0 unspecified atom stereocenters. The van der Waals surface area contributed by atoms with Crippen LogP contribution in [0.15, 0.2) is 34.8 Å². The SMILES string of the molecule is COc1cc(C(=O)Nc2cccc(Cl)c2Cl)cc(Br)c1OC. The van der Waals surface area contributed by atoms with E-state index in [2.05, 4.69) is 21.2 Å². The Morgan fingerprint density at radius 3 is 2.55 bits per heavy atom. The molecule has 0 aliphatic rings. The zero-order chi connectivity index (χ0) is 16.3. The van der Waals surface area contributed by atoms with E-state index in [4.69, 9.17) is 32.7 Å². The molecule has 0 bridgehead atoms. The number of methoxy groups -OCH3 is 2. The van der Waals surface area contributed by atoms with Crippen LogP contribution in [0, 0.1) is 0 Å². The number of amides is 1. The van der Waals surface area contributed by atoms with Crippen LogP contribution < -0.4 is 14.8 Å². The van der Waals surface area contributed by atoms with Gasteiger partial charge in [0.1, 0.15) is 0 Å². The number of rotatable bonds is 4. The highest BCUT2D eigenvalue weighted by Crippen LogP contribution is 2.37. The minimum atomic E-state index is -0.342. The lowest BCUT2D eigenvalue weighted by molar-refractivity contribution is 0.102. The van der Waals surface area contributed by atoms with Crippen molar-refractivity contribution < 1.29 is 14.3 Å². The topological polar surface area (TPSA) is 47.6 Å². The van der Waals surface area contributed by atoms with Gasteiger partial charge in [0, 0.05) is 5.56 Å². The third kappa shape index (κ3) is 3.48. The van der Waals surface area contributed by atoms with Crippen molar-refractivity contribution in [1.82, 2.24) is 0 Å². The van der Waals surface area contributed by atoms with E-state index in [1.54, 1.807) is 30.3 Å². The molecule has 1 N–H and O–H groups in total. The number of anilines is 1. The second-order valence-corrected chi connectivity index (χ2v) is 5.89. The van der Waals surface area contributed by atoms with Crippen LogP contribution in [0.2, 0.25) is 10.0 Å². The van der Waals surface area contributed by atoms with Crippen LogP contribution in [0.3, 0.4) is 0 Å². The van der Waals surface area contributed by atoms with Crippen LogP contribution in [0.5, 0.6) is 11.5 Å². The average molecular weight is 405 g/mol. The van der Waals surface area contributed by atoms with E-state index < -0.39 is 0 Å². The molecule has 0 spiro atoms. The van der Waals surface area contributed by atoms with Crippen LogP contribution in [0.25, 0.3) is 0 Å². The fraction of sp³-hybridized carbons (Fsp3) is 0.133. The van der Waals surface area contributed by atoms with E-state index in [9.17, 15) is 4.79 Å². The highest BCUT2D eigenvalue weighted by atomic mass is 79.9. The molecule has 22 heavy (non-hydrogen) atoms. The van der Waals surface area contributed by atoms with Crippen molar-refractivity contribution in [2.24, 2.45) is 0 Å². The van der Waals surface area contributed by atoms with Gasteiger partial charge in [0.15, 0.2) is 11.5 Å². The molecule has 2 aromatic carbocycles. The summed E-state index contributed by atoms with van der Waals surface area (Å²) in [6.07, 6.45) is 0. The van der Waals surface area contributed by atoms with E-state index in [1.807, 2.05) is 0 Å². The van der Waals surface area contributed by atoms with Gasteiger partial charge >= 0.3 is 0 Å². The number of hydrogen-bond donors (Lipinski definition) is 1. The van der Waals surface area contributed by atoms with Crippen LogP contribution in [0.4, 0.5) is 5.69 Å². The molecule has 0 fully saturated rings. The number of carbonyl (C=O) groups excluding carboxylic acids is 1. The summed E-state index contributed by atoms with van der Waals surface area (Å²) in [6, 6.07) is 8.23. The average Bonchev–Trinajstić information content (AvgIpc) is 2.50. The van der Waals surface area contributed by atoms with Crippen molar-refractivity contribution in [3.05, 3.63) is 50.4 Å². The lowest BCUT2D eigenvalue weighted by Gasteiger charge is -2.13. The van der Waals surface area contributed by atoms with Crippen molar-refractivity contribution in [2.75, 3.05) is 19.5 Å². The van der Waals surface area contributed by atoms with Gasteiger partial charge in [-0.15, -0.1) is 0 Å². The number of halogens is 3. The van der Waals surface area contributed by atoms with Crippen LogP contribution in [-0.2, 0) is 0 Å². The van der Waals surface area contributed by atoms with Crippen LogP contribution in [0.1, 0.15) is 10.4 Å². The first-order chi connectivity index (χ1) is 10.5. The fourth-order valence-electron chi connectivity index (χ4n) is 1.84. The van der Waals surface area contributed by atoms with Crippen LogP contribution >= 0.6 is 39.1 Å². The molecule has 2 aromatic rings. The fourth-order valence-corrected chi connectivity index (χ4v) is 2.80. The van der Waals surface area contributed by atoms with E-state index >= 15 is 0 Å². The van der Waals surface area contributed by atoms with E-state index in [0.29, 0.717) is 32.2 Å². The summed E-state index contributed by atoms with van der Waals surface area (Å²) in [5, 5.41) is 3.37. The highest BCUT2D eigenvalue weighted by molar-refractivity contribution is 9.10. The molecule has 0 heterocycles. The zero-order valence-corrected chi connectivity index (χ0v) is 14.8. The Morgan fingerprint density at radius 1 is 1.18 bits per heavy atom. The van der Waals surface area contributed by atoms with Crippen molar-refractivity contribution in [1.29, 1.82) is 0 Å². The van der Waals surface area contributed by atoms with Gasteiger partial charge in [-0.05, 0) is 40.2 Å². The molecule has 7 heteroatoms. The van der Waals surface area contributed by atoms with E-state index in [0.717, 1.165) is 0 Å². The Balaban J connectivity index is 2.34. The molecule has 116 valence electrons. The standard InChI is InChI=1S/C15H12BrCl2NO3/c1-21-12-7-8(6-9(16)14(12)22-2)15(20)19-11-5-3-4-10(17)13(11)18/h3-7H,1-2H3,(H,19,20). The highest BCUT2D eigenvalue weighted by Gasteiger charge is 2.16. The lowest BCUT2D eigenvalue weighted by atomic mass is 10.2. The Kier molecular flexibility index (Phi) is 5.56. The third-order valence-electron chi connectivity index (χ3n) is 2.90. The Labute approximate surface area is 146 Å². The van der Waals surface area contributed by atoms with E-state index in [-0.39, 0.29) is 10.9 Å². The maximum Gasteiger partial charge on any atom is 0.255 e. The van der Waals surface area contributed by atoms with Crippen molar-refractivity contribution in [2.45, 2.75) is 0 Å². The van der Waals surface area contributed by atoms with Crippen molar-refractivity contribution >= 4 is 50.7 Å². The first-order valence-electron chi connectivity index (χ1n) is 6.14. The van der Waals surface area contributed by atoms with Gasteiger partial charge in [0.05, 0.1) is 34.4 Å². The van der Waals surface area contributed by atoms with Crippen LogP contribution in [-0.4, -0.2) is 20.1 Å². The molecule has 0 aliphatic carbocycles. The largest absolute Gasteiger partial charge is 0.493 e. The summed E-state index contributed by atoms with van der Waals surface area (Å²) in [4.78, 5) is 12.4. The van der Waals surface area contributed by atoms with Gasteiger partial charge in [0.2, 0.25) is 0 Å². The summed E-state index contributed by atoms with van der Waals surface area (Å²) in [5.74, 6) is 0.616. The molecular weight excluding hydrogens is 393 g/mol. The number of benzene rings is 2. The lowest BCUT2D eigenvalue weighted by Crippen LogP contribution is -2.12. The Hall–Kier alpha value is -1.43. The summed E-state index contributed by atoms with van der Waals surface area (Å²) < 4.78 is 11.0. The molecule has 1 amide bonds. The zero-order valence-electron chi connectivity index (χ0n) is 11.7. The molecule has 0 saturated carbocycles. The molecule has 0 saturated heterocycles. The normalized spacial score (nSPS) is 10.2. The second-order valence-electron chi connectivity index (χ2n) is 4.25. The van der Waals surface area contributed by atoms with Gasteiger partial charge in [-0.2, -0.15) is 0 Å². The summed E-state index contributed by atoms with van der Waals surface area (Å²) in [5.41, 5.74) is 0.825. The summed E-state index contributed by atoms with van der Waals surface area (Å²) in [7, 11) is 3.02. The molecule has 0 aromatic heterocycles. The van der Waals surface area contributed by atoms with Gasteiger partial charge < -0.3 is 14.8 Å². The molecule has 0 radical (unpaired) electrons. The van der Waals surface area contributed by atoms with E-state index in [1.165, 1.54) is 14.2 Å². The molecule has 4 nitrogen and oxygen atoms in total. The number of nitrogens with one attached hydrogen (secondary N) is 1. The molecule has 0 aliphatic heterocycles.